The minimum Gasteiger partial charge on any atom is -0.472 e. The third-order valence-corrected chi connectivity index (χ3v) is 2.24. The molecule has 0 aliphatic heterocycles. The summed E-state index contributed by atoms with van der Waals surface area (Å²) < 4.78 is 6.84. The van der Waals surface area contributed by atoms with E-state index in [1.54, 1.807) is 18.7 Å². The zero-order chi connectivity index (χ0) is 9.97. The van der Waals surface area contributed by atoms with E-state index in [1.807, 2.05) is 23.9 Å². The van der Waals surface area contributed by atoms with Crippen LogP contribution in [0.1, 0.15) is 24.1 Å². The van der Waals surface area contributed by atoms with E-state index in [9.17, 15) is 0 Å². The fourth-order valence-corrected chi connectivity index (χ4v) is 1.36. The van der Waals surface area contributed by atoms with E-state index in [1.165, 1.54) is 0 Å². The summed E-state index contributed by atoms with van der Waals surface area (Å²) in [5.41, 5.74) is 8.00. The van der Waals surface area contributed by atoms with E-state index in [-0.39, 0.29) is 6.04 Å². The lowest BCUT2D eigenvalue weighted by Crippen LogP contribution is -2.09. The van der Waals surface area contributed by atoms with E-state index in [4.69, 9.17) is 10.2 Å². The molecule has 0 aliphatic carbocycles. The zero-order valence-electron chi connectivity index (χ0n) is 8.05. The summed E-state index contributed by atoms with van der Waals surface area (Å²) in [6, 6.07) is 1.72. The van der Waals surface area contributed by atoms with Gasteiger partial charge in [0.25, 0.3) is 0 Å². The molecule has 0 saturated heterocycles. The molecule has 14 heavy (non-hydrogen) atoms. The lowest BCUT2D eigenvalue weighted by Gasteiger charge is -2.04. The smallest absolute Gasteiger partial charge is 0.0953 e. The Morgan fingerprint density at radius 2 is 2.43 bits per heavy atom. The van der Waals surface area contributed by atoms with Gasteiger partial charge in [0.05, 0.1) is 24.8 Å². The Morgan fingerprint density at radius 1 is 1.57 bits per heavy atom. The summed E-state index contributed by atoms with van der Waals surface area (Å²) >= 11 is 0. The van der Waals surface area contributed by atoms with Gasteiger partial charge >= 0.3 is 0 Å². The third-order valence-electron chi connectivity index (χ3n) is 2.24. The average molecular weight is 191 g/mol. The van der Waals surface area contributed by atoms with E-state index in [0.717, 1.165) is 17.7 Å². The maximum atomic E-state index is 6.02. The molecule has 0 amide bonds. The first-order valence-electron chi connectivity index (χ1n) is 4.61. The normalized spacial score (nSPS) is 13.0. The lowest BCUT2D eigenvalue weighted by molar-refractivity contribution is 0.562. The first-order valence-corrected chi connectivity index (χ1v) is 4.61. The molecule has 2 aromatic heterocycles. The van der Waals surface area contributed by atoms with Crippen LogP contribution in [0.2, 0.25) is 0 Å². The molecule has 2 heterocycles. The second-order valence-electron chi connectivity index (χ2n) is 3.16. The predicted octanol–water partition coefficient (Wildman–Crippen LogP) is 1.54. The second-order valence-corrected chi connectivity index (χ2v) is 3.16. The quantitative estimate of drug-likeness (QED) is 0.800. The molecule has 0 spiro atoms. The molecule has 2 N–H and O–H groups in total. The van der Waals surface area contributed by atoms with Crippen molar-refractivity contribution in [1.82, 2.24) is 9.78 Å². The first kappa shape index (κ1) is 9.02. The van der Waals surface area contributed by atoms with Crippen LogP contribution in [0.15, 0.2) is 35.4 Å². The van der Waals surface area contributed by atoms with E-state index < -0.39 is 0 Å². The summed E-state index contributed by atoms with van der Waals surface area (Å²) in [5.74, 6) is 0. The van der Waals surface area contributed by atoms with Crippen LogP contribution in [0.4, 0.5) is 0 Å². The fourth-order valence-electron chi connectivity index (χ4n) is 1.36. The summed E-state index contributed by atoms with van der Waals surface area (Å²) in [7, 11) is 0. The van der Waals surface area contributed by atoms with Crippen molar-refractivity contribution in [3.63, 3.8) is 0 Å². The van der Waals surface area contributed by atoms with Crippen LogP contribution in [-0.2, 0) is 6.54 Å². The molecule has 0 saturated carbocycles. The van der Waals surface area contributed by atoms with Gasteiger partial charge in [0.1, 0.15) is 0 Å². The van der Waals surface area contributed by atoms with Gasteiger partial charge in [0.15, 0.2) is 0 Å². The van der Waals surface area contributed by atoms with Crippen LogP contribution >= 0.6 is 0 Å². The van der Waals surface area contributed by atoms with Gasteiger partial charge in [0, 0.05) is 23.9 Å². The van der Waals surface area contributed by atoms with Crippen molar-refractivity contribution in [3.05, 3.63) is 42.1 Å². The number of rotatable bonds is 3. The average Bonchev–Trinajstić information content (AvgIpc) is 2.88. The van der Waals surface area contributed by atoms with Gasteiger partial charge < -0.3 is 10.2 Å². The van der Waals surface area contributed by atoms with Crippen LogP contribution in [-0.4, -0.2) is 9.78 Å². The van der Waals surface area contributed by atoms with Crippen molar-refractivity contribution < 1.29 is 4.42 Å². The minimum absolute atomic E-state index is 0.144. The van der Waals surface area contributed by atoms with Crippen molar-refractivity contribution in [2.75, 3.05) is 0 Å². The highest BCUT2D eigenvalue weighted by Crippen LogP contribution is 2.18. The van der Waals surface area contributed by atoms with Gasteiger partial charge in [-0.25, -0.2) is 0 Å². The van der Waals surface area contributed by atoms with Gasteiger partial charge in [-0.05, 0) is 13.0 Å². The molecule has 0 fully saturated rings. The molecule has 0 radical (unpaired) electrons. The molecule has 74 valence electrons. The lowest BCUT2D eigenvalue weighted by atomic mass is 10.1. The van der Waals surface area contributed by atoms with Gasteiger partial charge in [0.2, 0.25) is 0 Å². The van der Waals surface area contributed by atoms with E-state index in [0.29, 0.717) is 0 Å². The van der Waals surface area contributed by atoms with E-state index in [2.05, 4.69) is 5.10 Å². The Bertz CT molecular complexity index is 391. The second kappa shape index (κ2) is 3.67. The van der Waals surface area contributed by atoms with Crippen LogP contribution < -0.4 is 5.73 Å². The highest BCUT2D eigenvalue weighted by Gasteiger charge is 2.11. The standard InChI is InChI=1S/C10H13N3O/c1-2-13-6-9(5-12-13)10(11)8-3-4-14-7-8/h3-7,10H,2,11H2,1H3. The minimum atomic E-state index is -0.144. The summed E-state index contributed by atoms with van der Waals surface area (Å²) in [5, 5.41) is 4.17. The molecule has 4 heteroatoms. The number of nitrogens with two attached hydrogens (primary N) is 1. The van der Waals surface area contributed by atoms with Crippen LogP contribution in [0.3, 0.4) is 0 Å². The number of furan rings is 1. The fraction of sp³-hybridized carbons (Fsp3) is 0.300. The topological polar surface area (TPSA) is 57.0 Å². The van der Waals surface area contributed by atoms with Crippen molar-refractivity contribution in [2.45, 2.75) is 19.5 Å². The maximum Gasteiger partial charge on any atom is 0.0953 e. The Morgan fingerprint density at radius 3 is 3.00 bits per heavy atom. The van der Waals surface area contributed by atoms with Crippen LogP contribution in [0.5, 0.6) is 0 Å². The summed E-state index contributed by atoms with van der Waals surface area (Å²) in [4.78, 5) is 0. The molecule has 1 unspecified atom stereocenters. The van der Waals surface area contributed by atoms with Gasteiger partial charge in [-0.3, -0.25) is 4.68 Å². The summed E-state index contributed by atoms with van der Waals surface area (Å²) in [6.45, 7) is 2.90. The number of aromatic nitrogens is 2. The molecule has 2 aromatic rings. The molecule has 1 atom stereocenters. The molecule has 0 bridgehead atoms. The van der Waals surface area contributed by atoms with Crippen molar-refractivity contribution in [1.29, 1.82) is 0 Å². The monoisotopic (exact) mass is 191 g/mol. The highest BCUT2D eigenvalue weighted by molar-refractivity contribution is 5.24. The maximum absolute atomic E-state index is 6.02. The molecule has 0 aliphatic rings. The van der Waals surface area contributed by atoms with Crippen molar-refractivity contribution >= 4 is 0 Å². The number of aryl methyl sites for hydroxylation is 1. The Kier molecular flexibility index (Phi) is 2.37. The Balaban J connectivity index is 2.23. The molecule has 4 nitrogen and oxygen atoms in total. The number of nitrogens with zero attached hydrogens (tertiary/aromatic N) is 2. The van der Waals surface area contributed by atoms with Crippen molar-refractivity contribution in [2.24, 2.45) is 5.73 Å². The highest BCUT2D eigenvalue weighted by atomic mass is 16.3. The molecular weight excluding hydrogens is 178 g/mol. The molecule has 0 aromatic carbocycles. The predicted molar refractivity (Wildman–Crippen MR) is 52.6 cm³/mol. The van der Waals surface area contributed by atoms with Crippen molar-refractivity contribution in [3.8, 4) is 0 Å². The Labute approximate surface area is 82.3 Å². The van der Waals surface area contributed by atoms with Crippen LogP contribution in [0, 0.1) is 0 Å². The number of hydrogen-bond acceptors (Lipinski definition) is 3. The molecular formula is C10H13N3O. The van der Waals surface area contributed by atoms with Crippen LogP contribution in [0.25, 0.3) is 0 Å². The van der Waals surface area contributed by atoms with E-state index >= 15 is 0 Å². The Hall–Kier alpha value is -1.55. The first-order chi connectivity index (χ1) is 6.81. The largest absolute Gasteiger partial charge is 0.472 e. The molecule has 2 rings (SSSR count). The van der Waals surface area contributed by atoms with Gasteiger partial charge in [-0.15, -0.1) is 0 Å². The SMILES string of the molecule is CCn1cc(C(N)c2ccoc2)cn1. The van der Waals surface area contributed by atoms with Gasteiger partial charge in [-0.1, -0.05) is 0 Å². The van der Waals surface area contributed by atoms with Gasteiger partial charge in [-0.2, -0.15) is 5.10 Å². The zero-order valence-corrected chi connectivity index (χ0v) is 8.05. The summed E-state index contributed by atoms with van der Waals surface area (Å²) in [6.07, 6.45) is 7.03. The number of hydrogen-bond donors (Lipinski definition) is 1. The third kappa shape index (κ3) is 1.56.